The molecule has 1 unspecified atom stereocenters. The average molecular weight is 155 g/mol. The van der Waals surface area contributed by atoms with Gasteiger partial charge in [0.2, 0.25) is 0 Å². The summed E-state index contributed by atoms with van der Waals surface area (Å²) >= 11 is 0. The molecule has 0 aliphatic rings. The lowest BCUT2D eigenvalue weighted by atomic mass is 9.98. The smallest absolute Gasteiger partial charge is 0.0654 e. The number of unbranched alkanes of at least 4 members (excludes halogenated alkanes) is 3. The van der Waals surface area contributed by atoms with E-state index in [4.69, 9.17) is 0 Å². The molecule has 0 fully saturated rings. The third kappa shape index (κ3) is 7.77. The van der Waals surface area contributed by atoms with E-state index in [2.05, 4.69) is 20.8 Å². The van der Waals surface area contributed by atoms with Crippen LogP contribution >= 0.6 is 0 Å². The van der Waals surface area contributed by atoms with E-state index in [1.165, 1.54) is 38.5 Å². The van der Waals surface area contributed by atoms with Gasteiger partial charge in [-0.3, -0.25) is 0 Å². The van der Waals surface area contributed by atoms with Crippen LogP contribution < -0.4 is 0 Å². The lowest BCUT2D eigenvalue weighted by molar-refractivity contribution is 0.462. The van der Waals surface area contributed by atoms with Gasteiger partial charge in [-0.1, -0.05) is 46.0 Å². The normalized spacial score (nSPS) is 13.3. The second-order valence-electron chi connectivity index (χ2n) is 3.60. The van der Waals surface area contributed by atoms with Crippen molar-refractivity contribution in [1.82, 2.24) is 0 Å². The summed E-state index contributed by atoms with van der Waals surface area (Å²) in [5, 5.41) is 0. The Morgan fingerprint density at radius 2 is 1.82 bits per heavy atom. The quantitative estimate of drug-likeness (QED) is 0.381. The monoisotopic (exact) mass is 155 g/mol. The first-order valence-corrected chi connectivity index (χ1v) is 5.10. The highest BCUT2D eigenvalue weighted by Crippen LogP contribution is 2.14. The molecule has 0 amide bonds. The van der Waals surface area contributed by atoms with Crippen LogP contribution in [0.5, 0.6) is 0 Å². The van der Waals surface area contributed by atoms with E-state index in [9.17, 15) is 0 Å². The first-order chi connectivity index (χ1) is 5.31. The van der Waals surface area contributed by atoms with E-state index in [1.54, 1.807) is 0 Å². The van der Waals surface area contributed by atoms with Crippen LogP contribution in [0.4, 0.5) is 0 Å². The van der Waals surface area contributed by atoms with Gasteiger partial charge in [-0.15, -0.1) is 0 Å². The predicted molar refractivity (Wildman–Crippen MR) is 52.5 cm³/mol. The zero-order valence-corrected chi connectivity index (χ0v) is 8.23. The molecule has 0 radical (unpaired) electrons. The molecule has 11 heavy (non-hydrogen) atoms. The molecule has 0 heteroatoms. The van der Waals surface area contributed by atoms with E-state index < -0.39 is 0 Å². The predicted octanol–water partition coefficient (Wildman–Crippen LogP) is 4.21. The van der Waals surface area contributed by atoms with E-state index in [-0.39, 0.29) is 0 Å². The molecule has 0 aromatic rings. The maximum absolute atomic E-state index is 3.87. The Hall–Kier alpha value is -0.130. The SMILES string of the molecule is [CH2+]CCC(C)CCCCCC. The standard InChI is InChI=1S/C11H23/c1-4-6-7-8-10-11(3)9-5-2/h11H,2,4-10H2,1,3H3/q+1. The Labute approximate surface area is 72.4 Å². The lowest BCUT2D eigenvalue weighted by Crippen LogP contribution is -1.93. The molecule has 0 aliphatic heterocycles. The molecule has 66 valence electrons. The summed E-state index contributed by atoms with van der Waals surface area (Å²) in [6.07, 6.45) is 9.45. The molecule has 1 atom stereocenters. The van der Waals surface area contributed by atoms with Crippen molar-refractivity contribution in [3.8, 4) is 0 Å². The summed E-state index contributed by atoms with van der Waals surface area (Å²) in [6, 6.07) is 0. The van der Waals surface area contributed by atoms with Crippen LogP contribution in [0.1, 0.15) is 58.8 Å². The van der Waals surface area contributed by atoms with Crippen molar-refractivity contribution in [1.29, 1.82) is 0 Å². The van der Waals surface area contributed by atoms with Crippen LogP contribution in [0.2, 0.25) is 0 Å². The van der Waals surface area contributed by atoms with Crippen molar-refractivity contribution in [3.63, 3.8) is 0 Å². The van der Waals surface area contributed by atoms with Crippen LogP contribution in [0.25, 0.3) is 0 Å². The van der Waals surface area contributed by atoms with Crippen molar-refractivity contribution in [2.24, 2.45) is 5.92 Å². The van der Waals surface area contributed by atoms with Gasteiger partial charge in [-0.2, -0.15) is 0 Å². The van der Waals surface area contributed by atoms with Gasteiger partial charge in [0.05, 0.1) is 13.3 Å². The Kier molecular flexibility index (Phi) is 7.88. The van der Waals surface area contributed by atoms with E-state index in [0.29, 0.717) is 0 Å². The molecule has 0 N–H and O–H groups in total. The molecule has 0 saturated carbocycles. The second-order valence-corrected chi connectivity index (χ2v) is 3.60. The minimum Gasteiger partial charge on any atom is -0.0654 e. The van der Waals surface area contributed by atoms with Crippen LogP contribution in [0, 0.1) is 12.8 Å². The third-order valence-corrected chi connectivity index (χ3v) is 2.25. The average Bonchev–Trinajstić information content (AvgIpc) is 1.99. The van der Waals surface area contributed by atoms with E-state index >= 15 is 0 Å². The fourth-order valence-corrected chi connectivity index (χ4v) is 1.41. The van der Waals surface area contributed by atoms with E-state index in [0.717, 1.165) is 12.3 Å². The molecule has 0 heterocycles. The molecule has 0 nitrogen and oxygen atoms in total. The summed E-state index contributed by atoms with van der Waals surface area (Å²) < 4.78 is 0. The van der Waals surface area contributed by atoms with E-state index in [1.807, 2.05) is 0 Å². The molecule has 0 aromatic carbocycles. The summed E-state index contributed by atoms with van der Waals surface area (Å²) in [7, 11) is 0. The highest BCUT2D eigenvalue weighted by atomic mass is 14.0. The van der Waals surface area contributed by atoms with Crippen molar-refractivity contribution in [3.05, 3.63) is 6.92 Å². The first-order valence-electron chi connectivity index (χ1n) is 5.10. The maximum Gasteiger partial charge on any atom is 0.0853 e. The van der Waals surface area contributed by atoms with Gasteiger partial charge in [-0.25, -0.2) is 0 Å². The molecular weight excluding hydrogens is 132 g/mol. The number of rotatable bonds is 7. The van der Waals surface area contributed by atoms with Crippen molar-refractivity contribution >= 4 is 0 Å². The van der Waals surface area contributed by atoms with Gasteiger partial charge in [0, 0.05) is 0 Å². The Bertz CT molecular complexity index is 66.4. The van der Waals surface area contributed by atoms with Crippen molar-refractivity contribution < 1.29 is 0 Å². The summed E-state index contributed by atoms with van der Waals surface area (Å²) in [6.45, 7) is 8.48. The Balaban J connectivity index is 2.97. The van der Waals surface area contributed by atoms with Crippen LogP contribution in [0.15, 0.2) is 0 Å². The van der Waals surface area contributed by atoms with Crippen LogP contribution in [0.3, 0.4) is 0 Å². The van der Waals surface area contributed by atoms with Crippen molar-refractivity contribution in [2.75, 3.05) is 0 Å². The Morgan fingerprint density at radius 3 is 2.36 bits per heavy atom. The highest BCUT2D eigenvalue weighted by Gasteiger charge is 2.00. The lowest BCUT2D eigenvalue weighted by Gasteiger charge is -2.06. The fourth-order valence-electron chi connectivity index (χ4n) is 1.41. The fraction of sp³-hybridized carbons (Fsp3) is 0.909. The molecule has 0 aromatic heterocycles. The van der Waals surface area contributed by atoms with Crippen molar-refractivity contribution in [2.45, 2.75) is 58.8 Å². The molecular formula is C11H23+. The second kappa shape index (κ2) is 7.97. The number of hydrogen-bond donors (Lipinski definition) is 0. The molecule has 0 spiro atoms. The maximum atomic E-state index is 3.87. The molecule has 0 aliphatic carbocycles. The van der Waals surface area contributed by atoms with Gasteiger partial charge in [0.25, 0.3) is 0 Å². The molecule has 0 bridgehead atoms. The highest BCUT2D eigenvalue weighted by molar-refractivity contribution is 4.54. The van der Waals surface area contributed by atoms with Gasteiger partial charge < -0.3 is 0 Å². The van der Waals surface area contributed by atoms with Gasteiger partial charge in [0.1, 0.15) is 0 Å². The third-order valence-electron chi connectivity index (χ3n) is 2.25. The summed E-state index contributed by atoms with van der Waals surface area (Å²) in [5.41, 5.74) is 0. The Morgan fingerprint density at radius 1 is 1.09 bits per heavy atom. The summed E-state index contributed by atoms with van der Waals surface area (Å²) in [4.78, 5) is 0. The minimum atomic E-state index is 0.907. The van der Waals surface area contributed by atoms with Gasteiger partial charge in [-0.05, 0) is 12.3 Å². The topological polar surface area (TPSA) is 0 Å². The van der Waals surface area contributed by atoms with Gasteiger partial charge in [0.15, 0.2) is 0 Å². The zero-order valence-electron chi connectivity index (χ0n) is 8.23. The molecule has 0 rings (SSSR count). The van der Waals surface area contributed by atoms with Gasteiger partial charge >= 0.3 is 0 Å². The van der Waals surface area contributed by atoms with Crippen LogP contribution in [-0.4, -0.2) is 0 Å². The van der Waals surface area contributed by atoms with Crippen LogP contribution in [-0.2, 0) is 0 Å². The first kappa shape index (κ1) is 10.9. The largest absolute Gasteiger partial charge is 0.0853 e. The number of hydrogen-bond acceptors (Lipinski definition) is 0. The zero-order chi connectivity index (χ0) is 8.53. The molecule has 0 saturated heterocycles. The minimum absolute atomic E-state index is 0.907. The summed E-state index contributed by atoms with van der Waals surface area (Å²) in [5.74, 6) is 0.907.